The fourth-order valence-corrected chi connectivity index (χ4v) is 3.04. The van der Waals surface area contributed by atoms with Crippen molar-refractivity contribution in [3.05, 3.63) is 35.5 Å². The van der Waals surface area contributed by atoms with E-state index in [-0.39, 0.29) is 12.4 Å². The third-order valence-electron chi connectivity index (χ3n) is 4.44. The molecule has 0 bridgehead atoms. The van der Waals surface area contributed by atoms with E-state index in [1.807, 2.05) is 0 Å². The van der Waals surface area contributed by atoms with Gasteiger partial charge < -0.3 is 9.63 Å². The first-order valence-electron chi connectivity index (χ1n) is 8.11. The largest absolute Gasteiger partial charge is 0.395 e. The molecule has 0 amide bonds. The Morgan fingerprint density at radius 2 is 2.30 bits per heavy atom. The Bertz CT molecular complexity index is 659. The van der Waals surface area contributed by atoms with Crippen molar-refractivity contribution < 1.29 is 14.0 Å². The van der Waals surface area contributed by atoms with Crippen LogP contribution in [0.5, 0.6) is 0 Å². The van der Waals surface area contributed by atoms with Gasteiger partial charge >= 0.3 is 0 Å². The summed E-state index contributed by atoms with van der Waals surface area (Å²) >= 11 is 0. The summed E-state index contributed by atoms with van der Waals surface area (Å²) in [7, 11) is 0. The molecule has 2 heterocycles. The van der Waals surface area contributed by atoms with E-state index in [1.54, 1.807) is 19.1 Å². The summed E-state index contributed by atoms with van der Waals surface area (Å²) in [6, 6.07) is 5.23. The van der Waals surface area contributed by atoms with E-state index in [1.165, 1.54) is 6.07 Å². The Kier molecular flexibility index (Phi) is 5.03. The number of aliphatic hydroxyl groups is 1. The number of likely N-dealkylation sites (tertiary alicyclic amines) is 1. The van der Waals surface area contributed by atoms with Crippen molar-refractivity contribution in [2.75, 3.05) is 19.7 Å². The van der Waals surface area contributed by atoms with Gasteiger partial charge in [-0.3, -0.25) is 4.90 Å². The predicted octanol–water partition coefficient (Wildman–Crippen LogP) is 2.57. The Morgan fingerprint density at radius 1 is 1.43 bits per heavy atom. The van der Waals surface area contributed by atoms with Gasteiger partial charge in [-0.2, -0.15) is 4.98 Å². The number of hydrogen-bond acceptors (Lipinski definition) is 5. The lowest BCUT2D eigenvalue weighted by Crippen LogP contribution is -2.33. The summed E-state index contributed by atoms with van der Waals surface area (Å²) in [4.78, 5) is 6.65. The van der Waals surface area contributed by atoms with Crippen LogP contribution in [0.2, 0.25) is 0 Å². The van der Waals surface area contributed by atoms with Crippen molar-refractivity contribution >= 4 is 0 Å². The average molecular weight is 319 g/mol. The van der Waals surface area contributed by atoms with Gasteiger partial charge in [-0.1, -0.05) is 17.3 Å². The Balaban J connectivity index is 1.56. The van der Waals surface area contributed by atoms with E-state index in [9.17, 15) is 9.50 Å². The summed E-state index contributed by atoms with van der Waals surface area (Å²) in [6.45, 7) is 3.91. The summed E-state index contributed by atoms with van der Waals surface area (Å²) in [5.74, 6) is 0.729. The SMILES string of the molecule is Cc1ccc(-c2noc(CCCN3CCC[C@@H]3CO)n2)cc1F. The minimum atomic E-state index is -0.266. The second kappa shape index (κ2) is 7.19. The van der Waals surface area contributed by atoms with Crippen LogP contribution in [-0.2, 0) is 6.42 Å². The molecule has 1 fully saturated rings. The molecule has 2 aromatic rings. The van der Waals surface area contributed by atoms with Gasteiger partial charge in [-0.25, -0.2) is 4.39 Å². The van der Waals surface area contributed by atoms with Gasteiger partial charge in [0, 0.05) is 18.0 Å². The molecule has 23 heavy (non-hydrogen) atoms. The molecular weight excluding hydrogens is 297 g/mol. The molecule has 124 valence electrons. The Labute approximate surface area is 135 Å². The molecule has 1 saturated heterocycles. The summed E-state index contributed by atoms with van der Waals surface area (Å²) in [5.41, 5.74) is 1.23. The number of halogens is 1. The molecule has 1 aromatic carbocycles. The van der Waals surface area contributed by atoms with Gasteiger partial charge in [-0.15, -0.1) is 0 Å². The first kappa shape index (κ1) is 16.1. The second-order valence-corrected chi connectivity index (χ2v) is 6.09. The van der Waals surface area contributed by atoms with Crippen LogP contribution in [0.1, 0.15) is 30.7 Å². The number of rotatable bonds is 6. The fourth-order valence-electron chi connectivity index (χ4n) is 3.04. The summed E-state index contributed by atoms with van der Waals surface area (Å²) in [5, 5.41) is 13.2. The second-order valence-electron chi connectivity index (χ2n) is 6.09. The number of hydrogen-bond donors (Lipinski definition) is 1. The first-order valence-corrected chi connectivity index (χ1v) is 8.11. The van der Waals surface area contributed by atoms with Crippen LogP contribution < -0.4 is 0 Å². The molecule has 6 heteroatoms. The van der Waals surface area contributed by atoms with Gasteiger partial charge in [0.1, 0.15) is 5.82 Å². The molecule has 1 aliphatic rings. The lowest BCUT2D eigenvalue weighted by molar-refractivity contribution is 0.157. The van der Waals surface area contributed by atoms with Gasteiger partial charge in [-0.05, 0) is 50.9 Å². The molecule has 0 radical (unpaired) electrons. The zero-order valence-electron chi connectivity index (χ0n) is 13.3. The molecule has 1 atom stereocenters. The van der Waals surface area contributed by atoms with Crippen molar-refractivity contribution in [3.63, 3.8) is 0 Å². The lowest BCUT2D eigenvalue weighted by Gasteiger charge is -2.21. The normalized spacial score (nSPS) is 18.7. The maximum Gasteiger partial charge on any atom is 0.227 e. The van der Waals surface area contributed by atoms with Crippen LogP contribution >= 0.6 is 0 Å². The molecule has 1 aliphatic heterocycles. The van der Waals surface area contributed by atoms with Crippen molar-refractivity contribution in [2.45, 2.75) is 38.6 Å². The van der Waals surface area contributed by atoms with E-state index in [0.717, 1.165) is 32.4 Å². The maximum absolute atomic E-state index is 13.6. The highest BCUT2D eigenvalue weighted by atomic mass is 19.1. The summed E-state index contributed by atoms with van der Waals surface area (Å²) < 4.78 is 18.9. The molecule has 1 aromatic heterocycles. The smallest absolute Gasteiger partial charge is 0.227 e. The number of aliphatic hydroxyl groups excluding tert-OH is 1. The zero-order chi connectivity index (χ0) is 16.2. The highest BCUT2D eigenvalue weighted by Gasteiger charge is 2.23. The fraction of sp³-hybridized carbons (Fsp3) is 0.529. The quantitative estimate of drug-likeness (QED) is 0.886. The van der Waals surface area contributed by atoms with Crippen molar-refractivity contribution in [1.29, 1.82) is 0 Å². The monoisotopic (exact) mass is 319 g/mol. The van der Waals surface area contributed by atoms with E-state index in [2.05, 4.69) is 15.0 Å². The third kappa shape index (κ3) is 3.76. The van der Waals surface area contributed by atoms with Crippen LogP contribution in [0, 0.1) is 12.7 Å². The molecule has 0 aliphatic carbocycles. The molecule has 0 spiro atoms. The van der Waals surface area contributed by atoms with Crippen LogP contribution in [0.3, 0.4) is 0 Å². The van der Waals surface area contributed by atoms with Crippen molar-refractivity contribution in [3.8, 4) is 11.4 Å². The van der Waals surface area contributed by atoms with E-state index in [4.69, 9.17) is 4.52 Å². The molecule has 3 rings (SSSR count). The van der Waals surface area contributed by atoms with Crippen molar-refractivity contribution in [2.24, 2.45) is 0 Å². The minimum Gasteiger partial charge on any atom is -0.395 e. The van der Waals surface area contributed by atoms with Crippen LogP contribution in [0.4, 0.5) is 4.39 Å². The Morgan fingerprint density at radius 3 is 3.09 bits per heavy atom. The van der Waals surface area contributed by atoms with Crippen LogP contribution in [0.15, 0.2) is 22.7 Å². The zero-order valence-corrected chi connectivity index (χ0v) is 13.3. The molecule has 0 unspecified atom stereocenters. The van der Waals surface area contributed by atoms with Gasteiger partial charge in [0.05, 0.1) is 6.61 Å². The van der Waals surface area contributed by atoms with Gasteiger partial charge in [0.15, 0.2) is 0 Å². The first-order chi connectivity index (χ1) is 11.2. The van der Waals surface area contributed by atoms with Crippen LogP contribution in [-0.4, -0.2) is 45.9 Å². The van der Waals surface area contributed by atoms with E-state index in [0.29, 0.717) is 35.3 Å². The number of benzene rings is 1. The average Bonchev–Trinajstić information content (AvgIpc) is 3.19. The van der Waals surface area contributed by atoms with Crippen molar-refractivity contribution in [1.82, 2.24) is 15.0 Å². The molecular formula is C17H22FN3O2. The lowest BCUT2D eigenvalue weighted by atomic mass is 10.1. The van der Waals surface area contributed by atoms with Gasteiger partial charge in [0.25, 0.3) is 0 Å². The topological polar surface area (TPSA) is 62.4 Å². The number of aryl methyl sites for hydroxylation is 2. The number of aromatic nitrogens is 2. The molecule has 5 nitrogen and oxygen atoms in total. The van der Waals surface area contributed by atoms with Gasteiger partial charge in [0.2, 0.25) is 11.7 Å². The Hall–Kier alpha value is -1.79. The minimum absolute atomic E-state index is 0.226. The maximum atomic E-state index is 13.6. The highest BCUT2D eigenvalue weighted by molar-refractivity contribution is 5.54. The molecule has 1 N–H and O–H groups in total. The summed E-state index contributed by atoms with van der Waals surface area (Å²) in [6.07, 6.45) is 3.81. The van der Waals surface area contributed by atoms with E-state index >= 15 is 0 Å². The molecule has 0 saturated carbocycles. The third-order valence-corrected chi connectivity index (χ3v) is 4.44. The standard InChI is InChI=1S/C17H22FN3O2/c1-12-6-7-13(10-15(12)18)17-19-16(23-20-17)5-3-9-21-8-2-4-14(21)11-22/h6-7,10,14,22H,2-5,8-9,11H2,1H3/t14-/m1/s1. The number of nitrogens with zero attached hydrogens (tertiary/aromatic N) is 3. The predicted molar refractivity (Wildman–Crippen MR) is 84.4 cm³/mol. The van der Waals surface area contributed by atoms with Crippen LogP contribution in [0.25, 0.3) is 11.4 Å². The highest BCUT2D eigenvalue weighted by Crippen LogP contribution is 2.20. The van der Waals surface area contributed by atoms with E-state index < -0.39 is 0 Å².